The van der Waals surface area contributed by atoms with Crippen LogP contribution in [0.5, 0.6) is 5.75 Å². The minimum Gasteiger partial charge on any atom is -0.486 e. The number of nitrogens with zero attached hydrogens (tertiary/aromatic N) is 3. The lowest BCUT2D eigenvalue weighted by Crippen LogP contribution is -2.54. The van der Waals surface area contributed by atoms with Crippen molar-refractivity contribution in [2.75, 3.05) is 23.3 Å². The van der Waals surface area contributed by atoms with Crippen LogP contribution in [0.25, 0.3) is 10.9 Å². The van der Waals surface area contributed by atoms with Crippen molar-refractivity contribution in [3.8, 4) is 5.75 Å². The number of aromatic nitrogens is 3. The van der Waals surface area contributed by atoms with E-state index in [1.165, 1.54) is 18.5 Å². The zero-order valence-corrected chi connectivity index (χ0v) is 22.6. The van der Waals surface area contributed by atoms with Crippen molar-refractivity contribution in [1.82, 2.24) is 20.5 Å². The van der Waals surface area contributed by atoms with Gasteiger partial charge in [-0.1, -0.05) is 23.2 Å². The molecule has 2 aromatic carbocycles. The van der Waals surface area contributed by atoms with Gasteiger partial charge in [0.25, 0.3) is 5.91 Å². The molecule has 0 saturated carbocycles. The van der Waals surface area contributed by atoms with Crippen LogP contribution in [0.3, 0.4) is 0 Å². The number of H-pyrrole nitrogens is 1. The van der Waals surface area contributed by atoms with Gasteiger partial charge in [0.2, 0.25) is 0 Å². The third kappa shape index (κ3) is 5.41. The summed E-state index contributed by atoms with van der Waals surface area (Å²) >= 11 is 12.5. The Morgan fingerprint density at radius 3 is 2.53 bits per heavy atom. The number of benzene rings is 2. The molecule has 3 N–H and O–H groups in total. The highest BCUT2D eigenvalue weighted by molar-refractivity contribution is 6.35. The van der Waals surface area contributed by atoms with E-state index in [4.69, 9.17) is 27.9 Å². The fourth-order valence-corrected chi connectivity index (χ4v) is 5.54. The van der Waals surface area contributed by atoms with Crippen LogP contribution in [-0.4, -0.2) is 46.3 Å². The predicted octanol–water partition coefficient (Wildman–Crippen LogP) is 5.98. The first-order chi connectivity index (χ1) is 18.2. The van der Waals surface area contributed by atoms with Crippen LogP contribution >= 0.6 is 23.2 Å². The van der Waals surface area contributed by atoms with Crippen LogP contribution < -0.4 is 20.3 Å². The molecule has 4 aromatic rings. The Morgan fingerprint density at radius 1 is 1.13 bits per heavy atom. The molecule has 0 bridgehead atoms. The Kier molecular flexibility index (Phi) is 7.43. The number of pyridine rings is 1. The Hall–Kier alpha value is -3.40. The van der Waals surface area contributed by atoms with Crippen LogP contribution in [0.1, 0.15) is 42.9 Å². The number of piperazine rings is 1. The number of aromatic amines is 1. The third-order valence-electron chi connectivity index (χ3n) is 6.46. The molecular weight excluding hydrogens is 530 g/mol. The van der Waals surface area contributed by atoms with E-state index in [1.54, 1.807) is 30.3 Å². The average Bonchev–Trinajstić information content (AvgIpc) is 3.27. The number of ether oxygens (including phenoxy) is 1. The number of hydrogen-bond acceptors (Lipinski definition) is 6. The first-order valence-corrected chi connectivity index (χ1v) is 13.0. The Bertz CT molecular complexity index is 1470. The third-order valence-corrected chi connectivity index (χ3v) is 7.07. The normalized spacial score (nSPS) is 18.4. The Labute approximate surface area is 229 Å². The van der Waals surface area contributed by atoms with Crippen LogP contribution in [0.2, 0.25) is 10.0 Å². The van der Waals surface area contributed by atoms with E-state index in [9.17, 15) is 4.79 Å². The summed E-state index contributed by atoms with van der Waals surface area (Å²) in [6.45, 7) is 7.37. The lowest BCUT2D eigenvalue weighted by atomic mass is 10.1. The molecule has 1 unspecified atom stereocenters. The standard InChI is InChI=1S/C27H27Cl2FN6O2/c1-14-12-36(13-15(2)32-14)24-7-4-17(8-22(24)30)33-27(37)26-19-9-18(5-6-23(19)34-35-26)38-16(3)25-20(28)10-31-11-21(25)29/h4-11,14-16,32H,12-13H2,1-3H3,(H,33,37)(H,34,35)/t14-,15-,16?/m0/s1. The van der Waals surface area contributed by atoms with Gasteiger partial charge in [-0.3, -0.25) is 14.9 Å². The number of carbonyl (C=O) groups excluding carboxylic acids is 1. The second-order valence-corrected chi connectivity index (χ2v) is 10.4. The van der Waals surface area contributed by atoms with Crippen LogP contribution in [0.4, 0.5) is 15.8 Å². The highest BCUT2D eigenvalue weighted by Gasteiger charge is 2.24. The van der Waals surface area contributed by atoms with Crippen molar-refractivity contribution in [2.45, 2.75) is 39.0 Å². The summed E-state index contributed by atoms with van der Waals surface area (Å²) in [5, 5.41) is 14.6. The minimum absolute atomic E-state index is 0.160. The van der Waals surface area contributed by atoms with Gasteiger partial charge in [-0.05, 0) is 57.2 Å². The minimum atomic E-state index is -0.474. The van der Waals surface area contributed by atoms with E-state index in [1.807, 2.05) is 11.8 Å². The average molecular weight is 557 g/mol. The summed E-state index contributed by atoms with van der Waals surface area (Å²) in [7, 11) is 0. The van der Waals surface area contributed by atoms with Gasteiger partial charge >= 0.3 is 0 Å². The molecule has 1 aliphatic heterocycles. The van der Waals surface area contributed by atoms with Crippen molar-refractivity contribution >= 4 is 51.4 Å². The van der Waals surface area contributed by atoms with Crippen molar-refractivity contribution in [2.24, 2.45) is 0 Å². The van der Waals surface area contributed by atoms with Gasteiger partial charge in [0.05, 0.1) is 21.2 Å². The predicted molar refractivity (Wildman–Crippen MR) is 148 cm³/mol. The van der Waals surface area contributed by atoms with Crippen LogP contribution in [0.15, 0.2) is 48.8 Å². The molecule has 1 fully saturated rings. The van der Waals surface area contributed by atoms with Crippen molar-refractivity contribution in [3.05, 3.63) is 75.9 Å². The molecule has 3 atom stereocenters. The fourth-order valence-electron chi connectivity index (χ4n) is 4.87. The molecule has 38 heavy (non-hydrogen) atoms. The van der Waals surface area contributed by atoms with E-state index in [2.05, 4.69) is 39.7 Å². The van der Waals surface area contributed by atoms with Gasteiger partial charge < -0.3 is 20.3 Å². The van der Waals surface area contributed by atoms with Gasteiger partial charge in [-0.15, -0.1) is 0 Å². The summed E-state index contributed by atoms with van der Waals surface area (Å²) in [6, 6.07) is 10.5. The second-order valence-electron chi connectivity index (χ2n) is 9.55. The monoisotopic (exact) mass is 556 g/mol. The topological polar surface area (TPSA) is 95.2 Å². The zero-order valence-electron chi connectivity index (χ0n) is 21.1. The quantitative estimate of drug-likeness (QED) is 0.270. The number of carbonyl (C=O) groups is 1. The highest BCUT2D eigenvalue weighted by atomic mass is 35.5. The summed E-state index contributed by atoms with van der Waals surface area (Å²) in [6.07, 6.45) is 2.54. The summed E-state index contributed by atoms with van der Waals surface area (Å²) in [4.78, 5) is 19.1. The number of anilines is 2. The maximum atomic E-state index is 15.0. The fraction of sp³-hybridized carbons (Fsp3) is 0.296. The SMILES string of the molecule is CC(Oc1ccc2[nH]nc(C(=O)Nc3ccc(N4C[C@H](C)N[C@@H](C)C4)c(F)c3)c2c1)c1c(Cl)cncc1Cl. The maximum Gasteiger partial charge on any atom is 0.276 e. The van der Waals surface area contributed by atoms with Gasteiger partial charge in [0, 0.05) is 54.2 Å². The Morgan fingerprint density at radius 2 is 1.84 bits per heavy atom. The van der Waals surface area contributed by atoms with Crippen molar-refractivity contribution in [1.29, 1.82) is 0 Å². The van der Waals surface area contributed by atoms with Gasteiger partial charge in [-0.25, -0.2) is 4.39 Å². The first-order valence-electron chi connectivity index (χ1n) is 12.2. The molecule has 0 spiro atoms. The lowest BCUT2D eigenvalue weighted by Gasteiger charge is -2.37. The molecule has 0 aliphatic carbocycles. The molecule has 1 aliphatic rings. The van der Waals surface area contributed by atoms with Gasteiger partial charge in [0.1, 0.15) is 17.7 Å². The molecule has 1 saturated heterocycles. The molecule has 3 heterocycles. The molecule has 8 nitrogen and oxygen atoms in total. The van der Waals surface area contributed by atoms with Crippen LogP contribution in [0, 0.1) is 5.82 Å². The van der Waals surface area contributed by atoms with Crippen LogP contribution in [-0.2, 0) is 0 Å². The Balaban J connectivity index is 1.33. The largest absolute Gasteiger partial charge is 0.486 e. The first kappa shape index (κ1) is 26.2. The molecule has 0 radical (unpaired) electrons. The highest BCUT2D eigenvalue weighted by Crippen LogP contribution is 2.33. The molecule has 1 amide bonds. The maximum absolute atomic E-state index is 15.0. The number of hydrogen-bond donors (Lipinski definition) is 3. The van der Waals surface area contributed by atoms with Gasteiger partial charge in [0.15, 0.2) is 5.69 Å². The molecular formula is C27H27Cl2FN6O2. The summed E-state index contributed by atoms with van der Waals surface area (Å²) < 4.78 is 21.1. The van der Waals surface area contributed by atoms with E-state index < -0.39 is 17.8 Å². The lowest BCUT2D eigenvalue weighted by molar-refractivity contribution is 0.102. The molecule has 198 valence electrons. The molecule has 5 rings (SSSR count). The van der Waals surface area contributed by atoms with Crippen molar-refractivity contribution in [3.63, 3.8) is 0 Å². The number of fused-ring (bicyclic) bond motifs is 1. The number of halogens is 3. The summed E-state index contributed by atoms with van der Waals surface area (Å²) in [5.74, 6) is -0.369. The zero-order chi connectivity index (χ0) is 27.0. The number of amides is 1. The van der Waals surface area contributed by atoms with E-state index >= 15 is 4.39 Å². The van der Waals surface area contributed by atoms with E-state index in [0.717, 1.165) is 0 Å². The second kappa shape index (κ2) is 10.8. The van der Waals surface area contributed by atoms with Crippen molar-refractivity contribution < 1.29 is 13.9 Å². The smallest absolute Gasteiger partial charge is 0.276 e. The molecule has 2 aromatic heterocycles. The molecule has 11 heteroatoms. The number of rotatable bonds is 6. The summed E-state index contributed by atoms with van der Waals surface area (Å²) in [5.41, 5.74) is 2.28. The van der Waals surface area contributed by atoms with Gasteiger partial charge in [-0.2, -0.15) is 5.10 Å². The number of nitrogens with one attached hydrogen (secondary N) is 3. The van der Waals surface area contributed by atoms with E-state index in [-0.39, 0.29) is 17.8 Å². The van der Waals surface area contributed by atoms with E-state index in [0.29, 0.717) is 56.7 Å².